The van der Waals surface area contributed by atoms with Crippen LogP contribution in [0.3, 0.4) is 0 Å². The number of rotatable bonds is 1. The van der Waals surface area contributed by atoms with Crippen LogP contribution in [0.5, 0.6) is 0 Å². The summed E-state index contributed by atoms with van der Waals surface area (Å²) in [4.78, 5) is 0. The van der Waals surface area contributed by atoms with Crippen molar-refractivity contribution in [2.75, 3.05) is 0 Å². The molecule has 7 heavy (non-hydrogen) atoms. The van der Waals surface area contributed by atoms with Gasteiger partial charge in [-0.25, -0.2) is 0 Å². The highest BCUT2D eigenvalue weighted by Gasteiger charge is 2.17. The zero-order valence-corrected chi connectivity index (χ0v) is 4.05. The summed E-state index contributed by atoms with van der Waals surface area (Å²) in [6.07, 6.45) is 5.32. The lowest BCUT2D eigenvalue weighted by Crippen LogP contribution is -2.18. The molecule has 0 radical (unpaired) electrons. The van der Waals surface area contributed by atoms with Gasteiger partial charge in [-0.05, 0) is 19.3 Å². The van der Waals surface area contributed by atoms with Crippen LogP contribution in [0.1, 0.15) is 19.3 Å². The van der Waals surface area contributed by atoms with E-state index in [9.17, 15) is 0 Å². The summed E-state index contributed by atoms with van der Waals surface area (Å²) in [5.41, 5.74) is 0. The first kappa shape index (κ1) is 4.45. The maximum absolute atomic E-state index is 7.93. The van der Waals surface area contributed by atoms with Gasteiger partial charge < -0.3 is 4.74 Å². The van der Waals surface area contributed by atoms with Crippen molar-refractivity contribution in [1.29, 1.82) is 5.26 Å². The highest BCUT2D eigenvalue weighted by Crippen LogP contribution is 2.20. The van der Waals surface area contributed by atoms with Crippen LogP contribution >= 0.6 is 0 Å². The van der Waals surface area contributed by atoms with Gasteiger partial charge in [0.2, 0.25) is 0 Å². The Morgan fingerprint density at radius 2 is 2.29 bits per heavy atom. The van der Waals surface area contributed by atoms with Gasteiger partial charge in [-0.3, -0.25) is 0 Å². The van der Waals surface area contributed by atoms with E-state index in [1.807, 2.05) is 0 Å². The van der Waals surface area contributed by atoms with Crippen LogP contribution in [0.4, 0.5) is 0 Å². The van der Waals surface area contributed by atoms with Gasteiger partial charge in [0.15, 0.2) is 0 Å². The molecule has 0 heterocycles. The Balaban J connectivity index is 2.06. The van der Waals surface area contributed by atoms with Gasteiger partial charge in [-0.15, -0.1) is 0 Å². The maximum Gasteiger partial charge on any atom is 0.286 e. The van der Waals surface area contributed by atoms with Gasteiger partial charge in [0.05, 0.1) is 0 Å². The van der Waals surface area contributed by atoms with E-state index in [2.05, 4.69) is 4.74 Å². The van der Waals surface area contributed by atoms with Crippen molar-refractivity contribution in [2.24, 2.45) is 0 Å². The van der Waals surface area contributed by atoms with Crippen LogP contribution in [0.25, 0.3) is 0 Å². The molecule has 0 atom stereocenters. The summed E-state index contributed by atoms with van der Waals surface area (Å²) in [7, 11) is 0. The third kappa shape index (κ3) is 0.833. The SMILES string of the molecule is N#COC1CCC1. The molecular weight excluding hydrogens is 90.1 g/mol. The van der Waals surface area contributed by atoms with E-state index in [0.29, 0.717) is 0 Å². The molecule has 0 N–H and O–H groups in total. The van der Waals surface area contributed by atoms with Crippen LogP contribution in [-0.2, 0) is 4.74 Å². The molecule has 0 aromatic heterocycles. The molecule has 0 unspecified atom stereocenters. The highest BCUT2D eigenvalue weighted by atomic mass is 16.5. The number of nitriles is 1. The van der Waals surface area contributed by atoms with E-state index in [1.54, 1.807) is 6.26 Å². The second kappa shape index (κ2) is 1.83. The first-order valence-corrected chi connectivity index (χ1v) is 2.48. The van der Waals surface area contributed by atoms with Crippen LogP contribution in [-0.4, -0.2) is 6.10 Å². The highest BCUT2D eigenvalue weighted by molar-refractivity contribution is 4.72. The minimum Gasteiger partial charge on any atom is -0.424 e. The van der Waals surface area contributed by atoms with Crippen molar-refractivity contribution in [1.82, 2.24) is 0 Å². The molecule has 1 rings (SSSR count). The van der Waals surface area contributed by atoms with Crippen molar-refractivity contribution in [2.45, 2.75) is 25.4 Å². The third-order valence-electron chi connectivity index (χ3n) is 1.27. The Kier molecular flexibility index (Phi) is 1.16. The van der Waals surface area contributed by atoms with E-state index in [0.717, 1.165) is 12.8 Å². The third-order valence-corrected chi connectivity index (χ3v) is 1.27. The summed E-state index contributed by atoms with van der Waals surface area (Å²) >= 11 is 0. The smallest absolute Gasteiger partial charge is 0.286 e. The monoisotopic (exact) mass is 97.1 g/mol. The van der Waals surface area contributed by atoms with Crippen molar-refractivity contribution >= 4 is 0 Å². The lowest BCUT2D eigenvalue weighted by atomic mass is 9.96. The number of hydrogen-bond donors (Lipinski definition) is 0. The Labute approximate surface area is 42.7 Å². The topological polar surface area (TPSA) is 33.0 Å². The normalized spacial score (nSPS) is 19.9. The van der Waals surface area contributed by atoms with Gasteiger partial charge in [-0.1, -0.05) is 0 Å². The fourth-order valence-corrected chi connectivity index (χ4v) is 0.563. The van der Waals surface area contributed by atoms with Crippen LogP contribution in [0, 0.1) is 11.5 Å². The average molecular weight is 97.1 g/mol. The molecule has 0 aromatic carbocycles. The Morgan fingerprint density at radius 3 is 2.43 bits per heavy atom. The van der Waals surface area contributed by atoms with E-state index in [4.69, 9.17) is 5.26 Å². The second-order valence-electron chi connectivity index (χ2n) is 1.76. The summed E-state index contributed by atoms with van der Waals surface area (Å²) in [6.45, 7) is 0. The lowest BCUT2D eigenvalue weighted by Gasteiger charge is -2.21. The summed E-state index contributed by atoms with van der Waals surface area (Å²) in [5.74, 6) is 0. The molecule has 2 heteroatoms. The average Bonchev–Trinajstić information content (AvgIpc) is 1.55. The summed E-state index contributed by atoms with van der Waals surface area (Å²) in [6, 6.07) is 0. The molecule has 1 fully saturated rings. The van der Waals surface area contributed by atoms with Gasteiger partial charge in [0.1, 0.15) is 6.10 Å². The molecule has 2 nitrogen and oxygen atoms in total. The molecule has 38 valence electrons. The molecule has 1 aliphatic carbocycles. The summed E-state index contributed by atoms with van der Waals surface area (Å²) in [5, 5.41) is 7.93. The Morgan fingerprint density at radius 1 is 1.57 bits per heavy atom. The van der Waals surface area contributed by atoms with Crippen molar-refractivity contribution in [3.8, 4) is 6.26 Å². The predicted molar refractivity (Wildman–Crippen MR) is 24.3 cm³/mol. The van der Waals surface area contributed by atoms with Crippen LogP contribution < -0.4 is 0 Å². The molecule has 0 bridgehead atoms. The summed E-state index contributed by atoms with van der Waals surface area (Å²) < 4.78 is 4.58. The van der Waals surface area contributed by atoms with Gasteiger partial charge in [0, 0.05) is 0 Å². The maximum atomic E-state index is 7.93. The zero-order valence-electron chi connectivity index (χ0n) is 4.05. The minimum absolute atomic E-state index is 0.269. The van der Waals surface area contributed by atoms with E-state index < -0.39 is 0 Å². The molecular formula is C5H7NO. The minimum atomic E-state index is 0.269. The lowest BCUT2D eigenvalue weighted by molar-refractivity contribution is 0.0871. The van der Waals surface area contributed by atoms with Crippen molar-refractivity contribution in [3.05, 3.63) is 0 Å². The predicted octanol–water partition coefficient (Wildman–Crippen LogP) is 1.04. The molecule has 0 saturated heterocycles. The molecule has 0 aliphatic heterocycles. The number of hydrogen-bond acceptors (Lipinski definition) is 2. The van der Waals surface area contributed by atoms with Gasteiger partial charge in [0.25, 0.3) is 6.26 Å². The molecule has 0 spiro atoms. The molecule has 0 amide bonds. The Hall–Kier alpha value is -0.710. The van der Waals surface area contributed by atoms with E-state index in [-0.39, 0.29) is 6.10 Å². The van der Waals surface area contributed by atoms with Crippen LogP contribution in [0.2, 0.25) is 0 Å². The fraction of sp³-hybridized carbons (Fsp3) is 0.800. The standard InChI is InChI=1S/C5H7NO/c6-4-7-5-2-1-3-5/h5H,1-3H2. The molecule has 1 saturated carbocycles. The van der Waals surface area contributed by atoms with Gasteiger partial charge >= 0.3 is 0 Å². The second-order valence-corrected chi connectivity index (χ2v) is 1.76. The van der Waals surface area contributed by atoms with E-state index in [1.165, 1.54) is 6.42 Å². The van der Waals surface area contributed by atoms with Crippen molar-refractivity contribution < 1.29 is 4.74 Å². The van der Waals surface area contributed by atoms with E-state index >= 15 is 0 Å². The first-order valence-electron chi connectivity index (χ1n) is 2.48. The van der Waals surface area contributed by atoms with Crippen molar-refractivity contribution in [3.63, 3.8) is 0 Å². The van der Waals surface area contributed by atoms with Gasteiger partial charge in [-0.2, -0.15) is 5.26 Å². The zero-order chi connectivity index (χ0) is 5.11. The molecule has 1 aliphatic rings. The van der Waals surface area contributed by atoms with Crippen LogP contribution in [0.15, 0.2) is 0 Å². The fourth-order valence-electron chi connectivity index (χ4n) is 0.563. The molecule has 0 aromatic rings. The quantitative estimate of drug-likeness (QED) is 0.458. The number of ether oxygens (including phenoxy) is 1. The largest absolute Gasteiger partial charge is 0.424 e. The number of nitrogens with zero attached hydrogens (tertiary/aromatic N) is 1. The Bertz CT molecular complexity index is 90.7. The first-order chi connectivity index (χ1) is 3.43.